The summed E-state index contributed by atoms with van der Waals surface area (Å²) in [7, 11) is 0. The van der Waals surface area contributed by atoms with Crippen LogP contribution in [0.3, 0.4) is 0 Å². The number of carbonyl (C=O) groups excluding carboxylic acids is 1. The van der Waals surface area contributed by atoms with Crippen molar-refractivity contribution < 1.29 is 9.21 Å². The van der Waals surface area contributed by atoms with Crippen molar-refractivity contribution in [2.24, 2.45) is 0 Å². The lowest BCUT2D eigenvalue weighted by atomic mass is 9.97. The molecule has 2 heterocycles. The molecular weight excluding hydrogens is 348 g/mol. The monoisotopic (exact) mass is 378 g/mol. The Labute approximate surface area is 168 Å². The molecule has 0 radical (unpaired) electrons. The third-order valence-corrected chi connectivity index (χ3v) is 3.99. The van der Waals surface area contributed by atoms with Crippen molar-refractivity contribution in [1.82, 2.24) is 0 Å². The fourth-order valence-corrected chi connectivity index (χ4v) is 2.67. The number of carbonyl (C=O) groups is 1. The molecule has 1 aliphatic heterocycles. The number of furan rings is 1. The molecule has 1 aromatic carbocycles. The van der Waals surface area contributed by atoms with E-state index in [4.69, 9.17) is 4.42 Å². The first-order valence-electron chi connectivity index (χ1n) is 9.40. The van der Waals surface area contributed by atoms with E-state index in [9.17, 15) is 4.79 Å². The Morgan fingerprint density at radius 3 is 2.43 bits per heavy atom. The Kier molecular flexibility index (Phi) is 9.31. The van der Waals surface area contributed by atoms with E-state index < -0.39 is 0 Å². The normalized spacial score (nSPS) is 14.3. The van der Waals surface area contributed by atoms with Crippen LogP contribution in [0.1, 0.15) is 55.6 Å². The topological polar surface area (TPSA) is 54.3 Å². The SMILES string of the molecule is C=C.C=C/C=C\C(=C/C)c1ccc(C(=O)Nc2ccc3c(c2)NC3C)o1.CC. The lowest BCUT2D eigenvalue weighted by molar-refractivity contribution is 0.0996. The van der Waals surface area contributed by atoms with Gasteiger partial charge < -0.3 is 15.1 Å². The van der Waals surface area contributed by atoms with E-state index in [1.807, 2.05) is 57.2 Å². The van der Waals surface area contributed by atoms with E-state index in [0.717, 1.165) is 16.9 Å². The summed E-state index contributed by atoms with van der Waals surface area (Å²) in [6, 6.07) is 9.71. The number of benzene rings is 1. The molecule has 28 heavy (non-hydrogen) atoms. The van der Waals surface area contributed by atoms with Gasteiger partial charge in [0.1, 0.15) is 5.76 Å². The standard InChI is InChI=1S/C20H20N2O2.C2H6.C2H4/c1-4-6-7-14(5-2)18-10-11-19(24-18)20(23)22-15-8-9-16-13(3)21-17(16)12-15;2*1-2/h4-13,21H,1H2,2-3H3,(H,22,23);1-2H3;1-2H2/b7-6-,14-5+;;. The average Bonchev–Trinajstić information content (AvgIpc) is 3.21. The second-order valence-electron chi connectivity index (χ2n) is 5.62. The summed E-state index contributed by atoms with van der Waals surface area (Å²) in [5.41, 5.74) is 3.97. The van der Waals surface area contributed by atoms with Crippen LogP contribution in [0.4, 0.5) is 11.4 Å². The van der Waals surface area contributed by atoms with Gasteiger partial charge in [-0.2, -0.15) is 0 Å². The highest BCUT2D eigenvalue weighted by atomic mass is 16.3. The van der Waals surface area contributed by atoms with Gasteiger partial charge in [0.05, 0.1) is 6.04 Å². The van der Waals surface area contributed by atoms with Crippen LogP contribution < -0.4 is 10.6 Å². The Hall–Kier alpha value is -3.27. The van der Waals surface area contributed by atoms with E-state index in [2.05, 4.69) is 37.3 Å². The van der Waals surface area contributed by atoms with Crippen LogP contribution in [0.15, 0.2) is 78.8 Å². The smallest absolute Gasteiger partial charge is 0.291 e. The Morgan fingerprint density at radius 2 is 1.86 bits per heavy atom. The minimum absolute atomic E-state index is 0.267. The molecular formula is C24H30N2O2. The van der Waals surface area contributed by atoms with Crippen LogP contribution >= 0.6 is 0 Å². The largest absolute Gasteiger partial charge is 0.451 e. The van der Waals surface area contributed by atoms with E-state index in [1.165, 1.54) is 5.56 Å². The molecule has 0 saturated carbocycles. The molecule has 0 saturated heterocycles. The number of allylic oxidation sites excluding steroid dienone is 5. The highest BCUT2D eigenvalue weighted by Crippen LogP contribution is 2.37. The summed E-state index contributed by atoms with van der Waals surface area (Å²) >= 11 is 0. The zero-order chi connectivity index (χ0) is 21.1. The zero-order valence-electron chi connectivity index (χ0n) is 17.2. The molecule has 148 valence electrons. The van der Waals surface area contributed by atoms with Gasteiger partial charge in [-0.1, -0.05) is 50.8 Å². The molecule has 2 N–H and O–H groups in total. The quantitative estimate of drug-likeness (QED) is 0.435. The molecule has 0 aliphatic carbocycles. The van der Waals surface area contributed by atoms with Crippen LogP contribution in [0, 0.1) is 0 Å². The summed E-state index contributed by atoms with van der Waals surface area (Å²) in [4.78, 5) is 12.4. The van der Waals surface area contributed by atoms with E-state index in [-0.39, 0.29) is 11.7 Å². The Bertz CT molecular complexity index is 859. The van der Waals surface area contributed by atoms with Crippen molar-refractivity contribution in [2.75, 3.05) is 10.6 Å². The van der Waals surface area contributed by atoms with Gasteiger partial charge in [0, 0.05) is 16.9 Å². The predicted molar refractivity (Wildman–Crippen MR) is 121 cm³/mol. The maximum Gasteiger partial charge on any atom is 0.291 e. The number of hydrogen-bond acceptors (Lipinski definition) is 3. The summed E-state index contributed by atoms with van der Waals surface area (Å²) in [5.74, 6) is 0.658. The lowest BCUT2D eigenvalue weighted by Crippen LogP contribution is -2.20. The average molecular weight is 379 g/mol. The van der Waals surface area contributed by atoms with Crippen molar-refractivity contribution >= 4 is 22.9 Å². The number of rotatable bonds is 5. The molecule has 1 aliphatic rings. The van der Waals surface area contributed by atoms with E-state index in [1.54, 1.807) is 18.2 Å². The lowest BCUT2D eigenvalue weighted by Gasteiger charge is -2.30. The molecule has 3 rings (SSSR count). The number of amides is 1. The second kappa shape index (κ2) is 11.4. The number of hydrogen-bond donors (Lipinski definition) is 2. The highest BCUT2D eigenvalue weighted by Gasteiger charge is 2.21. The van der Waals surface area contributed by atoms with Gasteiger partial charge in [0.25, 0.3) is 5.91 Å². The molecule has 0 bridgehead atoms. The summed E-state index contributed by atoms with van der Waals surface area (Å²) in [5, 5.41) is 6.15. The van der Waals surface area contributed by atoms with Gasteiger partial charge >= 0.3 is 0 Å². The molecule has 0 spiro atoms. The predicted octanol–water partition coefficient (Wildman–Crippen LogP) is 6.99. The first-order valence-corrected chi connectivity index (χ1v) is 9.40. The van der Waals surface area contributed by atoms with E-state index >= 15 is 0 Å². The van der Waals surface area contributed by atoms with Crippen molar-refractivity contribution in [1.29, 1.82) is 0 Å². The summed E-state index contributed by atoms with van der Waals surface area (Å²) in [6.45, 7) is 17.7. The van der Waals surface area contributed by atoms with Crippen LogP contribution in [-0.4, -0.2) is 5.91 Å². The maximum atomic E-state index is 12.4. The number of nitrogens with one attached hydrogen (secondary N) is 2. The fourth-order valence-electron chi connectivity index (χ4n) is 2.67. The summed E-state index contributed by atoms with van der Waals surface area (Å²) in [6.07, 6.45) is 7.33. The molecule has 2 aromatic rings. The zero-order valence-corrected chi connectivity index (χ0v) is 17.2. The van der Waals surface area contributed by atoms with Crippen molar-refractivity contribution in [3.8, 4) is 0 Å². The number of fused-ring (bicyclic) bond motifs is 1. The minimum atomic E-state index is -0.267. The molecule has 1 amide bonds. The second-order valence-corrected chi connectivity index (χ2v) is 5.62. The first-order chi connectivity index (χ1) is 13.6. The van der Waals surface area contributed by atoms with Crippen LogP contribution in [0.2, 0.25) is 0 Å². The van der Waals surface area contributed by atoms with E-state index in [0.29, 0.717) is 11.8 Å². The van der Waals surface area contributed by atoms with Crippen LogP contribution in [0.5, 0.6) is 0 Å². The van der Waals surface area contributed by atoms with Crippen molar-refractivity contribution in [3.63, 3.8) is 0 Å². The van der Waals surface area contributed by atoms with Crippen LogP contribution in [-0.2, 0) is 0 Å². The molecule has 1 unspecified atom stereocenters. The van der Waals surface area contributed by atoms with Gasteiger partial charge in [0.15, 0.2) is 5.76 Å². The van der Waals surface area contributed by atoms with Crippen molar-refractivity contribution in [2.45, 2.75) is 33.7 Å². The minimum Gasteiger partial charge on any atom is -0.451 e. The maximum absolute atomic E-state index is 12.4. The highest BCUT2D eigenvalue weighted by molar-refractivity contribution is 6.03. The van der Waals surface area contributed by atoms with Gasteiger partial charge in [-0.15, -0.1) is 13.2 Å². The summed E-state index contributed by atoms with van der Waals surface area (Å²) < 4.78 is 5.67. The van der Waals surface area contributed by atoms with Gasteiger partial charge in [0.2, 0.25) is 0 Å². The molecule has 1 atom stereocenters. The van der Waals surface area contributed by atoms with Gasteiger partial charge in [-0.25, -0.2) is 0 Å². The fraction of sp³-hybridized carbons (Fsp3) is 0.208. The third-order valence-electron chi connectivity index (χ3n) is 3.99. The molecule has 1 aromatic heterocycles. The molecule has 0 fully saturated rings. The Balaban J connectivity index is 0.000000921. The number of anilines is 2. The van der Waals surface area contributed by atoms with Crippen LogP contribution in [0.25, 0.3) is 5.57 Å². The Morgan fingerprint density at radius 1 is 1.18 bits per heavy atom. The van der Waals surface area contributed by atoms with Gasteiger partial charge in [-0.3, -0.25) is 4.79 Å². The van der Waals surface area contributed by atoms with Gasteiger partial charge in [-0.05, 0) is 43.7 Å². The third kappa shape index (κ3) is 5.36. The molecule has 4 nitrogen and oxygen atoms in total. The van der Waals surface area contributed by atoms with Crippen molar-refractivity contribution in [3.05, 3.63) is 91.5 Å². The first kappa shape index (κ1) is 22.8. The molecule has 4 heteroatoms.